The number of alkyl halides is 2. The van der Waals surface area contributed by atoms with Crippen molar-refractivity contribution in [3.8, 4) is 5.75 Å². The summed E-state index contributed by atoms with van der Waals surface area (Å²) in [5.74, 6) is -0.163. The molecule has 19 heavy (non-hydrogen) atoms. The predicted molar refractivity (Wildman–Crippen MR) is 68.3 cm³/mol. The van der Waals surface area contributed by atoms with Gasteiger partial charge in [-0.05, 0) is 26.1 Å². The standard InChI is InChI=1S/C13H18F2N2O2/c1-16-7-4-8-17-12(18)9-10-5-2-3-6-11(10)19-13(14)15/h2-3,5-6,13,16H,4,7-9H2,1H3,(H,17,18). The lowest BCUT2D eigenvalue weighted by atomic mass is 10.1. The molecule has 0 heterocycles. The molecule has 1 amide bonds. The molecule has 4 nitrogen and oxygen atoms in total. The second-order valence-electron chi connectivity index (χ2n) is 3.97. The van der Waals surface area contributed by atoms with Crippen molar-refractivity contribution < 1.29 is 18.3 Å². The molecule has 0 atom stereocenters. The zero-order chi connectivity index (χ0) is 14.1. The zero-order valence-corrected chi connectivity index (χ0v) is 10.8. The summed E-state index contributed by atoms with van der Waals surface area (Å²) >= 11 is 0. The van der Waals surface area contributed by atoms with E-state index in [1.807, 2.05) is 7.05 Å². The summed E-state index contributed by atoms with van der Waals surface area (Å²) in [6, 6.07) is 6.30. The zero-order valence-electron chi connectivity index (χ0n) is 10.8. The fourth-order valence-corrected chi connectivity index (χ4v) is 1.59. The van der Waals surface area contributed by atoms with Gasteiger partial charge in [-0.3, -0.25) is 4.79 Å². The van der Waals surface area contributed by atoms with E-state index in [1.54, 1.807) is 18.2 Å². The molecule has 0 unspecified atom stereocenters. The first-order valence-electron chi connectivity index (χ1n) is 6.07. The smallest absolute Gasteiger partial charge is 0.387 e. The molecule has 0 spiro atoms. The number of hydrogen-bond donors (Lipinski definition) is 2. The summed E-state index contributed by atoms with van der Waals surface area (Å²) in [5, 5.41) is 5.69. The maximum absolute atomic E-state index is 12.2. The number of hydrogen-bond acceptors (Lipinski definition) is 3. The van der Waals surface area contributed by atoms with Gasteiger partial charge in [0.25, 0.3) is 0 Å². The van der Waals surface area contributed by atoms with E-state index in [2.05, 4.69) is 15.4 Å². The Hall–Kier alpha value is -1.69. The number of ether oxygens (including phenoxy) is 1. The molecule has 1 rings (SSSR count). The lowest BCUT2D eigenvalue weighted by Gasteiger charge is -2.10. The number of para-hydroxylation sites is 1. The molecular formula is C13H18F2N2O2. The highest BCUT2D eigenvalue weighted by Crippen LogP contribution is 2.20. The van der Waals surface area contributed by atoms with Gasteiger partial charge >= 0.3 is 6.61 Å². The molecule has 0 bridgehead atoms. The lowest BCUT2D eigenvalue weighted by Crippen LogP contribution is -2.28. The largest absolute Gasteiger partial charge is 0.435 e. The van der Waals surface area contributed by atoms with Gasteiger partial charge in [0.15, 0.2) is 0 Å². The monoisotopic (exact) mass is 272 g/mol. The van der Waals surface area contributed by atoms with Crippen LogP contribution in [0.3, 0.4) is 0 Å². The van der Waals surface area contributed by atoms with Crippen molar-refractivity contribution in [1.82, 2.24) is 10.6 Å². The maximum atomic E-state index is 12.2. The SMILES string of the molecule is CNCCCNC(=O)Cc1ccccc1OC(F)F. The van der Waals surface area contributed by atoms with Crippen LogP contribution in [0.1, 0.15) is 12.0 Å². The molecule has 106 valence electrons. The second-order valence-corrected chi connectivity index (χ2v) is 3.97. The topological polar surface area (TPSA) is 50.4 Å². The minimum Gasteiger partial charge on any atom is -0.435 e. The summed E-state index contributed by atoms with van der Waals surface area (Å²) < 4.78 is 28.8. The van der Waals surface area contributed by atoms with E-state index in [4.69, 9.17) is 0 Å². The highest BCUT2D eigenvalue weighted by Gasteiger charge is 2.11. The minimum atomic E-state index is -2.89. The number of carbonyl (C=O) groups excluding carboxylic acids is 1. The summed E-state index contributed by atoms with van der Waals surface area (Å²) in [6.45, 7) is -1.53. The number of halogens is 2. The lowest BCUT2D eigenvalue weighted by molar-refractivity contribution is -0.120. The van der Waals surface area contributed by atoms with Crippen molar-refractivity contribution in [1.29, 1.82) is 0 Å². The Bertz CT molecular complexity index is 400. The Labute approximate surface area is 111 Å². The third kappa shape index (κ3) is 6.15. The normalized spacial score (nSPS) is 10.5. The molecule has 1 aromatic rings. The number of benzene rings is 1. The number of rotatable bonds is 8. The van der Waals surface area contributed by atoms with Crippen molar-refractivity contribution in [2.75, 3.05) is 20.1 Å². The highest BCUT2D eigenvalue weighted by molar-refractivity contribution is 5.79. The fourth-order valence-electron chi connectivity index (χ4n) is 1.59. The van der Waals surface area contributed by atoms with Gasteiger partial charge in [-0.1, -0.05) is 18.2 Å². The van der Waals surface area contributed by atoms with Crippen LogP contribution in [0.4, 0.5) is 8.78 Å². The van der Waals surface area contributed by atoms with Gasteiger partial charge in [-0.2, -0.15) is 8.78 Å². The Morgan fingerprint density at radius 3 is 2.74 bits per heavy atom. The summed E-state index contributed by atoms with van der Waals surface area (Å²) in [5.41, 5.74) is 0.453. The minimum absolute atomic E-state index is 0.0302. The van der Waals surface area contributed by atoms with E-state index in [1.165, 1.54) is 6.07 Å². The van der Waals surface area contributed by atoms with Gasteiger partial charge in [0.05, 0.1) is 6.42 Å². The van der Waals surface area contributed by atoms with Crippen molar-refractivity contribution in [3.05, 3.63) is 29.8 Å². The molecule has 0 aliphatic carbocycles. The van der Waals surface area contributed by atoms with E-state index in [-0.39, 0.29) is 18.1 Å². The van der Waals surface area contributed by atoms with Crippen LogP contribution in [0.2, 0.25) is 0 Å². The molecule has 0 saturated heterocycles. The Morgan fingerprint density at radius 1 is 1.32 bits per heavy atom. The van der Waals surface area contributed by atoms with Gasteiger partial charge in [-0.15, -0.1) is 0 Å². The van der Waals surface area contributed by atoms with Crippen LogP contribution in [-0.2, 0) is 11.2 Å². The molecule has 0 aliphatic heterocycles. The first-order chi connectivity index (χ1) is 9.13. The number of nitrogens with one attached hydrogen (secondary N) is 2. The van der Waals surface area contributed by atoms with Crippen LogP contribution < -0.4 is 15.4 Å². The maximum Gasteiger partial charge on any atom is 0.387 e. The van der Waals surface area contributed by atoms with E-state index in [9.17, 15) is 13.6 Å². The van der Waals surface area contributed by atoms with Gasteiger partial charge < -0.3 is 15.4 Å². The summed E-state index contributed by atoms with van der Waals surface area (Å²) in [6.07, 6.45) is 0.847. The van der Waals surface area contributed by atoms with Gasteiger partial charge in [-0.25, -0.2) is 0 Å². The molecule has 1 aromatic carbocycles. The van der Waals surface area contributed by atoms with E-state index < -0.39 is 6.61 Å². The Morgan fingerprint density at radius 2 is 2.05 bits per heavy atom. The van der Waals surface area contributed by atoms with E-state index >= 15 is 0 Å². The third-order valence-corrected chi connectivity index (χ3v) is 2.47. The van der Waals surface area contributed by atoms with Crippen molar-refractivity contribution in [2.45, 2.75) is 19.5 Å². The van der Waals surface area contributed by atoms with E-state index in [0.717, 1.165) is 13.0 Å². The molecule has 0 aliphatic rings. The molecule has 2 N–H and O–H groups in total. The van der Waals surface area contributed by atoms with Crippen molar-refractivity contribution >= 4 is 5.91 Å². The first-order valence-corrected chi connectivity index (χ1v) is 6.07. The van der Waals surface area contributed by atoms with Crippen LogP contribution in [-0.4, -0.2) is 32.7 Å². The summed E-state index contributed by atoms with van der Waals surface area (Å²) in [4.78, 5) is 11.6. The highest BCUT2D eigenvalue weighted by atomic mass is 19.3. The van der Waals surface area contributed by atoms with Crippen LogP contribution >= 0.6 is 0 Å². The Balaban J connectivity index is 2.49. The van der Waals surface area contributed by atoms with Crippen LogP contribution in [0.15, 0.2) is 24.3 Å². The molecule has 0 radical (unpaired) electrons. The van der Waals surface area contributed by atoms with Gasteiger partial charge in [0.2, 0.25) is 5.91 Å². The molecule has 0 saturated carbocycles. The fraction of sp³-hybridized carbons (Fsp3) is 0.462. The van der Waals surface area contributed by atoms with Crippen LogP contribution in [0.5, 0.6) is 5.75 Å². The van der Waals surface area contributed by atoms with Crippen molar-refractivity contribution in [3.63, 3.8) is 0 Å². The van der Waals surface area contributed by atoms with Gasteiger partial charge in [0, 0.05) is 12.1 Å². The molecular weight excluding hydrogens is 254 g/mol. The number of amides is 1. The Kier molecular flexibility index (Phi) is 6.81. The predicted octanol–water partition coefficient (Wildman–Crippen LogP) is 1.56. The van der Waals surface area contributed by atoms with Crippen LogP contribution in [0.25, 0.3) is 0 Å². The molecule has 0 fully saturated rings. The molecule has 0 aromatic heterocycles. The third-order valence-electron chi connectivity index (χ3n) is 2.47. The van der Waals surface area contributed by atoms with Crippen molar-refractivity contribution in [2.24, 2.45) is 0 Å². The average molecular weight is 272 g/mol. The molecule has 6 heteroatoms. The average Bonchev–Trinajstić information content (AvgIpc) is 2.36. The van der Waals surface area contributed by atoms with Crippen LogP contribution in [0, 0.1) is 0 Å². The quantitative estimate of drug-likeness (QED) is 0.706. The van der Waals surface area contributed by atoms with Gasteiger partial charge in [0.1, 0.15) is 5.75 Å². The van der Waals surface area contributed by atoms with E-state index in [0.29, 0.717) is 12.1 Å². The second kappa shape index (κ2) is 8.42. The first kappa shape index (κ1) is 15.4. The number of carbonyl (C=O) groups is 1. The summed E-state index contributed by atoms with van der Waals surface area (Å²) in [7, 11) is 1.83.